The fourth-order valence-electron chi connectivity index (χ4n) is 1.69. The summed E-state index contributed by atoms with van der Waals surface area (Å²) in [5, 5.41) is 3.14. The molecule has 0 bridgehead atoms. The minimum Gasteiger partial charge on any atom is -0.483 e. The van der Waals surface area contributed by atoms with Crippen LogP contribution in [-0.4, -0.2) is 11.5 Å². The number of hydrogen-bond donors (Lipinski definition) is 1. The Morgan fingerprint density at radius 2 is 1.95 bits per heavy atom. The number of benzene rings is 1. The van der Waals surface area contributed by atoms with Crippen molar-refractivity contribution in [3.05, 3.63) is 53.7 Å². The molecule has 2 aromatic rings. The van der Waals surface area contributed by atoms with Crippen LogP contribution in [0.25, 0.3) is 0 Å². The van der Waals surface area contributed by atoms with Gasteiger partial charge in [-0.15, -0.1) is 0 Å². The maximum atomic E-state index is 13.4. The van der Waals surface area contributed by atoms with Gasteiger partial charge < -0.3 is 10.1 Å². The predicted octanol–water partition coefficient (Wildman–Crippen LogP) is 3.76. The van der Waals surface area contributed by atoms with Crippen molar-refractivity contribution in [2.24, 2.45) is 0 Å². The highest BCUT2D eigenvalue weighted by Gasteiger charge is 2.09. The summed E-state index contributed by atoms with van der Waals surface area (Å²) in [6.07, 6.45) is 2.62. The van der Waals surface area contributed by atoms with Gasteiger partial charge in [0, 0.05) is 12.7 Å². The Kier molecular flexibility index (Phi) is 4.87. The van der Waals surface area contributed by atoms with E-state index in [0.717, 1.165) is 24.3 Å². The van der Waals surface area contributed by atoms with Crippen molar-refractivity contribution in [2.75, 3.05) is 11.9 Å². The number of anilines is 1. The number of para-hydroxylation sites is 1. The Balaban J connectivity index is 2.03. The molecule has 0 aliphatic rings. The van der Waals surface area contributed by atoms with Crippen LogP contribution in [0.2, 0.25) is 0 Å². The third kappa shape index (κ3) is 3.66. The molecule has 20 heavy (non-hydrogen) atoms. The molecule has 0 fully saturated rings. The van der Waals surface area contributed by atoms with E-state index < -0.39 is 11.6 Å². The van der Waals surface area contributed by atoms with Crippen LogP contribution in [0, 0.1) is 11.6 Å². The van der Waals surface area contributed by atoms with Crippen LogP contribution in [0.15, 0.2) is 36.5 Å². The number of hydrogen-bond acceptors (Lipinski definition) is 3. The topological polar surface area (TPSA) is 34.1 Å². The number of pyridine rings is 1. The number of halogens is 2. The molecule has 1 N–H and O–H groups in total. The average molecular weight is 278 g/mol. The minimum absolute atomic E-state index is 0.0845. The maximum Gasteiger partial charge on any atom is 0.191 e. The minimum atomic E-state index is -0.705. The molecule has 0 saturated heterocycles. The molecular formula is C15H16F2N2O. The second-order valence-electron chi connectivity index (χ2n) is 4.32. The molecule has 0 aliphatic heterocycles. The quantitative estimate of drug-likeness (QED) is 0.873. The zero-order valence-electron chi connectivity index (χ0n) is 11.2. The zero-order chi connectivity index (χ0) is 14.4. The lowest BCUT2D eigenvalue weighted by atomic mass is 10.2. The van der Waals surface area contributed by atoms with Crippen LogP contribution in [-0.2, 0) is 6.61 Å². The molecule has 106 valence electrons. The molecule has 0 amide bonds. The molecule has 5 heteroatoms. The molecule has 2 rings (SSSR count). The number of rotatable bonds is 6. The van der Waals surface area contributed by atoms with Crippen LogP contribution in [0.3, 0.4) is 0 Å². The summed E-state index contributed by atoms with van der Waals surface area (Å²) in [7, 11) is 0. The van der Waals surface area contributed by atoms with Gasteiger partial charge in [0.1, 0.15) is 12.4 Å². The molecule has 0 spiro atoms. The van der Waals surface area contributed by atoms with Crippen LogP contribution < -0.4 is 10.1 Å². The van der Waals surface area contributed by atoms with Crippen LogP contribution >= 0.6 is 0 Å². The number of aromatic nitrogens is 1. The van der Waals surface area contributed by atoms with Crippen molar-refractivity contribution >= 4 is 5.82 Å². The Morgan fingerprint density at radius 1 is 1.20 bits per heavy atom. The van der Waals surface area contributed by atoms with E-state index in [1.807, 2.05) is 0 Å². The van der Waals surface area contributed by atoms with Crippen molar-refractivity contribution in [3.63, 3.8) is 0 Å². The van der Waals surface area contributed by atoms with Crippen LogP contribution in [0.4, 0.5) is 14.6 Å². The standard InChI is InChI=1S/C15H16F2N2O/c1-2-7-18-14-9-11(6-8-19-14)10-20-15-12(16)4-3-5-13(15)17/h3-6,8-9H,2,7,10H2,1H3,(H,18,19). The van der Waals surface area contributed by atoms with E-state index >= 15 is 0 Å². The largest absolute Gasteiger partial charge is 0.483 e. The SMILES string of the molecule is CCCNc1cc(COc2c(F)cccc2F)ccn1. The van der Waals surface area contributed by atoms with E-state index in [0.29, 0.717) is 0 Å². The summed E-state index contributed by atoms with van der Waals surface area (Å²) in [6, 6.07) is 7.18. The van der Waals surface area contributed by atoms with E-state index in [1.165, 1.54) is 18.2 Å². The molecule has 0 saturated carbocycles. The van der Waals surface area contributed by atoms with Crippen molar-refractivity contribution in [1.29, 1.82) is 0 Å². The first-order valence-electron chi connectivity index (χ1n) is 6.46. The number of nitrogens with zero attached hydrogens (tertiary/aromatic N) is 1. The molecule has 1 aromatic heterocycles. The van der Waals surface area contributed by atoms with E-state index in [4.69, 9.17) is 4.74 Å². The van der Waals surface area contributed by atoms with Gasteiger partial charge in [0.05, 0.1) is 0 Å². The third-order valence-corrected chi connectivity index (χ3v) is 2.68. The van der Waals surface area contributed by atoms with Gasteiger partial charge in [-0.2, -0.15) is 0 Å². The summed E-state index contributed by atoms with van der Waals surface area (Å²) in [5.74, 6) is -1.04. The number of nitrogens with one attached hydrogen (secondary N) is 1. The fraction of sp³-hybridized carbons (Fsp3) is 0.267. The third-order valence-electron chi connectivity index (χ3n) is 2.68. The van der Waals surface area contributed by atoms with Gasteiger partial charge in [-0.3, -0.25) is 0 Å². The predicted molar refractivity (Wildman–Crippen MR) is 73.7 cm³/mol. The van der Waals surface area contributed by atoms with Gasteiger partial charge in [-0.05, 0) is 36.2 Å². The van der Waals surface area contributed by atoms with Crippen molar-refractivity contribution in [1.82, 2.24) is 4.98 Å². The first kappa shape index (κ1) is 14.2. The molecule has 0 aliphatic carbocycles. The fourth-order valence-corrected chi connectivity index (χ4v) is 1.69. The van der Waals surface area contributed by atoms with Gasteiger partial charge >= 0.3 is 0 Å². The lowest BCUT2D eigenvalue weighted by Gasteiger charge is -2.09. The van der Waals surface area contributed by atoms with E-state index in [-0.39, 0.29) is 12.4 Å². The van der Waals surface area contributed by atoms with Crippen molar-refractivity contribution in [3.8, 4) is 5.75 Å². The molecular weight excluding hydrogens is 262 g/mol. The average Bonchev–Trinajstić information content (AvgIpc) is 2.45. The summed E-state index contributed by atoms with van der Waals surface area (Å²) < 4.78 is 32.0. The van der Waals surface area contributed by atoms with Crippen molar-refractivity contribution < 1.29 is 13.5 Å². The Labute approximate surface area is 116 Å². The normalized spacial score (nSPS) is 10.3. The second-order valence-corrected chi connectivity index (χ2v) is 4.32. The Bertz CT molecular complexity index is 555. The highest BCUT2D eigenvalue weighted by molar-refractivity contribution is 5.37. The highest BCUT2D eigenvalue weighted by atomic mass is 19.1. The van der Waals surface area contributed by atoms with Crippen LogP contribution in [0.1, 0.15) is 18.9 Å². The second kappa shape index (κ2) is 6.84. The molecule has 1 aromatic carbocycles. The summed E-state index contributed by atoms with van der Waals surface area (Å²) in [4.78, 5) is 4.15. The van der Waals surface area contributed by atoms with Gasteiger partial charge in [-0.1, -0.05) is 13.0 Å². The van der Waals surface area contributed by atoms with E-state index in [2.05, 4.69) is 17.2 Å². The van der Waals surface area contributed by atoms with Crippen LogP contribution in [0.5, 0.6) is 5.75 Å². The van der Waals surface area contributed by atoms with Gasteiger partial charge in [0.15, 0.2) is 17.4 Å². The van der Waals surface area contributed by atoms with Gasteiger partial charge in [-0.25, -0.2) is 13.8 Å². The lowest BCUT2D eigenvalue weighted by Crippen LogP contribution is -2.04. The molecule has 0 atom stereocenters. The first-order valence-corrected chi connectivity index (χ1v) is 6.46. The number of ether oxygens (including phenoxy) is 1. The maximum absolute atomic E-state index is 13.4. The molecule has 0 radical (unpaired) electrons. The van der Waals surface area contributed by atoms with E-state index in [9.17, 15) is 8.78 Å². The Hall–Kier alpha value is -2.17. The molecule has 0 unspecified atom stereocenters. The lowest BCUT2D eigenvalue weighted by molar-refractivity contribution is 0.274. The zero-order valence-corrected chi connectivity index (χ0v) is 11.2. The first-order chi connectivity index (χ1) is 9.70. The highest BCUT2D eigenvalue weighted by Crippen LogP contribution is 2.22. The Morgan fingerprint density at radius 3 is 2.65 bits per heavy atom. The smallest absolute Gasteiger partial charge is 0.191 e. The molecule has 1 heterocycles. The van der Waals surface area contributed by atoms with Gasteiger partial charge in [0.25, 0.3) is 0 Å². The summed E-state index contributed by atoms with van der Waals surface area (Å²) in [5.41, 5.74) is 0.793. The summed E-state index contributed by atoms with van der Waals surface area (Å²) in [6.45, 7) is 2.96. The van der Waals surface area contributed by atoms with Gasteiger partial charge in [0.2, 0.25) is 0 Å². The van der Waals surface area contributed by atoms with Crippen molar-refractivity contribution in [2.45, 2.75) is 20.0 Å². The monoisotopic (exact) mass is 278 g/mol. The van der Waals surface area contributed by atoms with E-state index in [1.54, 1.807) is 18.3 Å². The summed E-state index contributed by atoms with van der Waals surface area (Å²) >= 11 is 0. The molecule has 3 nitrogen and oxygen atoms in total.